The molecule has 3 aliphatic rings. The van der Waals surface area contributed by atoms with Crippen LogP contribution >= 0.6 is 0 Å². The molecule has 1 aromatic heterocycles. The third-order valence-corrected chi connectivity index (χ3v) is 8.24. The summed E-state index contributed by atoms with van der Waals surface area (Å²) >= 11 is 0. The molecule has 0 spiro atoms. The van der Waals surface area contributed by atoms with Crippen molar-refractivity contribution in [2.75, 3.05) is 87.2 Å². The first-order valence-electron chi connectivity index (χ1n) is 14.7. The number of fused-ring (bicyclic) bond motifs is 2. The Kier molecular flexibility index (Phi) is 8.48. The molecule has 3 aliphatic heterocycles. The van der Waals surface area contributed by atoms with Gasteiger partial charge >= 0.3 is 0 Å². The molecule has 4 heterocycles. The fourth-order valence-electron chi connectivity index (χ4n) is 6.06. The zero-order chi connectivity index (χ0) is 28.0. The summed E-state index contributed by atoms with van der Waals surface area (Å²) in [6, 6.07) is 11.9. The van der Waals surface area contributed by atoms with E-state index in [1.165, 1.54) is 5.56 Å². The van der Waals surface area contributed by atoms with Crippen LogP contribution in [0.15, 0.2) is 48.7 Å². The number of morpholine rings is 1. The SMILES string of the molecule is O=CC=CN1CCN(c2nc(NCCCN3CCOCC3)nc3c2CCN(c2cc(O)cc4ccccc24)C3)CC1. The van der Waals surface area contributed by atoms with Crippen LogP contribution in [0, 0.1) is 0 Å². The molecule has 0 saturated carbocycles. The number of allylic oxidation sites excluding steroid dienone is 1. The second-order valence-corrected chi connectivity index (χ2v) is 10.9. The number of nitrogens with zero attached hydrogens (tertiary/aromatic N) is 6. The lowest BCUT2D eigenvalue weighted by Gasteiger charge is -2.38. The van der Waals surface area contributed by atoms with E-state index in [1.54, 1.807) is 6.08 Å². The molecule has 6 rings (SSSR count). The quantitative estimate of drug-likeness (QED) is 0.232. The number of phenols is 1. The number of aromatic hydroxyl groups is 1. The van der Waals surface area contributed by atoms with Gasteiger partial charge in [-0.15, -0.1) is 0 Å². The fraction of sp³-hybridized carbons (Fsp3) is 0.452. The van der Waals surface area contributed by atoms with E-state index in [2.05, 4.69) is 31.0 Å². The number of phenolic OH excluding ortho intramolecular Hbond substituents is 1. The second kappa shape index (κ2) is 12.7. The Balaban J connectivity index is 1.23. The summed E-state index contributed by atoms with van der Waals surface area (Å²) in [6.45, 7) is 10.3. The molecule has 2 N–H and O–H groups in total. The van der Waals surface area contributed by atoms with Gasteiger partial charge in [-0.05, 0) is 36.9 Å². The van der Waals surface area contributed by atoms with Gasteiger partial charge in [0.2, 0.25) is 5.95 Å². The van der Waals surface area contributed by atoms with Crippen LogP contribution in [0.2, 0.25) is 0 Å². The first kappa shape index (κ1) is 27.3. The van der Waals surface area contributed by atoms with Gasteiger partial charge in [-0.2, -0.15) is 4.98 Å². The number of aldehydes is 1. The largest absolute Gasteiger partial charge is 0.508 e. The molecule has 0 aliphatic carbocycles. The van der Waals surface area contributed by atoms with Crippen LogP contribution < -0.4 is 15.1 Å². The molecule has 10 nitrogen and oxygen atoms in total. The highest BCUT2D eigenvalue weighted by Crippen LogP contribution is 2.36. The number of hydrogen-bond acceptors (Lipinski definition) is 10. The number of ether oxygens (including phenoxy) is 1. The van der Waals surface area contributed by atoms with E-state index in [1.807, 2.05) is 36.5 Å². The van der Waals surface area contributed by atoms with Gasteiger partial charge in [-0.3, -0.25) is 9.69 Å². The molecular weight excluding hydrogens is 518 g/mol. The van der Waals surface area contributed by atoms with Gasteiger partial charge in [0.15, 0.2) is 0 Å². The van der Waals surface area contributed by atoms with Crippen molar-refractivity contribution in [2.24, 2.45) is 0 Å². The number of benzene rings is 2. The van der Waals surface area contributed by atoms with Crippen molar-refractivity contribution in [3.8, 4) is 5.75 Å². The number of nitrogens with one attached hydrogen (secondary N) is 1. The molecule has 2 aromatic carbocycles. The van der Waals surface area contributed by atoms with Crippen molar-refractivity contribution in [3.05, 3.63) is 59.9 Å². The lowest BCUT2D eigenvalue weighted by Crippen LogP contribution is -2.45. The predicted octanol–water partition coefficient (Wildman–Crippen LogP) is 2.87. The van der Waals surface area contributed by atoms with Crippen LogP contribution in [-0.2, 0) is 22.5 Å². The Bertz CT molecular complexity index is 1380. The topological polar surface area (TPSA) is 97.3 Å². The first-order chi connectivity index (χ1) is 20.2. The maximum atomic E-state index is 10.8. The zero-order valence-corrected chi connectivity index (χ0v) is 23.5. The van der Waals surface area contributed by atoms with Crippen molar-refractivity contribution >= 4 is 34.5 Å². The van der Waals surface area contributed by atoms with Crippen LogP contribution in [0.4, 0.5) is 17.5 Å². The minimum atomic E-state index is 0.275. The third-order valence-electron chi connectivity index (χ3n) is 8.24. The molecule has 0 unspecified atom stereocenters. The molecule has 216 valence electrons. The molecule has 10 heteroatoms. The molecule has 0 amide bonds. The summed E-state index contributed by atoms with van der Waals surface area (Å²) < 4.78 is 5.47. The molecule has 0 atom stereocenters. The van der Waals surface area contributed by atoms with Gasteiger partial charge < -0.3 is 29.9 Å². The first-order valence-corrected chi connectivity index (χ1v) is 14.7. The van der Waals surface area contributed by atoms with Crippen LogP contribution in [0.5, 0.6) is 5.75 Å². The minimum absolute atomic E-state index is 0.275. The molecular formula is C31H39N7O3. The van der Waals surface area contributed by atoms with E-state index in [0.29, 0.717) is 12.5 Å². The molecule has 41 heavy (non-hydrogen) atoms. The van der Waals surface area contributed by atoms with E-state index < -0.39 is 0 Å². The van der Waals surface area contributed by atoms with Crippen LogP contribution in [0.1, 0.15) is 17.7 Å². The number of carbonyl (C=O) groups excluding carboxylic acids is 1. The van der Waals surface area contributed by atoms with E-state index in [0.717, 1.165) is 119 Å². The molecule has 3 aromatic rings. The van der Waals surface area contributed by atoms with Gasteiger partial charge in [0.25, 0.3) is 0 Å². The van der Waals surface area contributed by atoms with E-state index in [4.69, 9.17) is 14.7 Å². The zero-order valence-electron chi connectivity index (χ0n) is 23.5. The van der Waals surface area contributed by atoms with Crippen LogP contribution in [0.3, 0.4) is 0 Å². The Hall–Kier alpha value is -3.89. The van der Waals surface area contributed by atoms with Gasteiger partial charge in [-0.1, -0.05) is 24.3 Å². The average Bonchev–Trinajstić information content (AvgIpc) is 3.02. The number of rotatable bonds is 9. The lowest BCUT2D eigenvalue weighted by molar-refractivity contribution is -0.104. The van der Waals surface area contributed by atoms with Crippen molar-refractivity contribution in [1.29, 1.82) is 0 Å². The Morgan fingerprint density at radius 2 is 1.80 bits per heavy atom. The number of hydrogen-bond donors (Lipinski definition) is 2. The maximum absolute atomic E-state index is 10.8. The predicted molar refractivity (Wildman–Crippen MR) is 162 cm³/mol. The van der Waals surface area contributed by atoms with Crippen molar-refractivity contribution < 1.29 is 14.6 Å². The Morgan fingerprint density at radius 3 is 2.63 bits per heavy atom. The van der Waals surface area contributed by atoms with E-state index in [-0.39, 0.29) is 5.75 Å². The Morgan fingerprint density at radius 1 is 0.976 bits per heavy atom. The summed E-state index contributed by atoms with van der Waals surface area (Å²) in [7, 11) is 0. The number of aromatic nitrogens is 2. The van der Waals surface area contributed by atoms with Gasteiger partial charge in [-0.25, -0.2) is 4.98 Å². The summed E-state index contributed by atoms with van der Waals surface area (Å²) in [6.07, 6.45) is 6.10. The molecule has 2 fully saturated rings. The third kappa shape index (κ3) is 6.39. The van der Waals surface area contributed by atoms with Crippen LogP contribution in [-0.4, -0.2) is 103 Å². The summed E-state index contributed by atoms with van der Waals surface area (Å²) in [4.78, 5) is 30.2. The van der Waals surface area contributed by atoms with Crippen molar-refractivity contribution in [3.63, 3.8) is 0 Å². The lowest BCUT2D eigenvalue weighted by atomic mass is 10.0. The summed E-state index contributed by atoms with van der Waals surface area (Å²) in [5.74, 6) is 1.97. The number of carbonyl (C=O) groups is 1. The van der Waals surface area contributed by atoms with Crippen molar-refractivity contribution in [2.45, 2.75) is 19.4 Å². The normalized spacial score (nSPS) is 18.2. The van der Waals surface area contributed by atoms with Gasteiger partial charge in [0.1, 0.15) is 17.9 Å². The highest BCUT2D eigenvalue weighted by Gasteiger charge is 2.28. The van der Waals surface area contributed by atoms with Crippen molar-refractivity contribution in [1.82, 2.24) is 19.8 Å². The number of anilines is 3. The molecule has 0 radical (unpaired) electrons. The maximum Gasteiger partial charge on any atom is 0.224 e. The van der Waals surface area contributed by atoms with Gasteiger partial charge in [0, 0.05) is 81.3 Å². The summed E-state index contributed by atoms with van der Waals surface area (Å²) in [5, 5.41) is 16.2. The van der Waals surface area contributed by atoms with E-state index >= 15 is 0 Å². The molecule has 2 saturated heterocycles. The van der Waals surface area contributed by atoms with Gasteiger partial charge in [0.05, 0.1) is 25.5 Å². The highest BCUT2D eigenvalue weighted by molar-refractivity contribution is 5.95. The van der Waals surface area contributed by atoms with E-state index in [9.17, 15) is 9.90 Å². The van der Waals surface area contributed by atoms with Crippen LogP contribution in [0.25, 0.3) is 10.8 Å². The summed E-state index contributed by atoms with van der Waals surface area (Å²) in [5.41, 5.74) is 3.27. The highest BCUT2D eigenvalue weighted by atomic mass is 16.5. The fourth-order valence-corrected chi connectivity index (χ4v) is 6.06. The Labute approximate surface area is 241 Å². The standard InChI is InChI=1S/C31H39N7O3/c39-18-4-10-35-12-14-37(15-13-35)30-27-7-11-38(29-22-25(40)21-24-5-1-2-6-26(24)29)23-28(27)33-31(34-30)32-8-3-9-36-16-19-41-20-17-36/h1-2,4-6,10,18,21-22,40H,3,7-9,11-17,19-20,23H2,(H,32,33,34). The average molecular weight is 558 g/mol. The number of piperazine rings is 1. The minimum Gasteiger partial charge on any atom is -0.508 e. The monoisotopic (exact) mass is 557 g/mol. The second-order valence-electron chi connectivity index (χ2n) is 10.9. The molecule has 0 bridgehead atoms. The smallest absolute Gasteiger partial charge is 0.224 e.